The summed E-state index contributed by atoms with van der Waals surface area (Å²) in [6.07, 6.45) is 6.62. The van der Waals surface area contributed by atoms with Crippen molar-refractivity contribution in [2.24, 2.45) is 11.1 Å². The van der Waals surface area contributed by atoms with Gasteiger partial charge < -0.3 is 15.6 Å². The van der Waals surface area contributed by atoms with Crippen LogP contribution < -0.4 is 5.73 Å². The Hall–Kier alpha value is -0.120. The lowest BCUT2D eigenvalue weighted by Gasteiger charge is -2.46. The third-order valence-corrected chi connectivity index (χ3v) is 4.19. The average molecular weight is 199 g/mol. The molecular formula is C11H21NO2. The number of hydrogen-bond acceptors (Lipinski definition) is 3. The maximum Gasteiger partial charge on any atom is 0.0969 e. The van der Waals surface area contributed by atoms with Crippen LogP contribution in [0.15, 0.2) is 0 Å². The highest BCUT2D eigenvalue weighted by molar-refractivity contribution is 5.02. The lowest BCUT2D eigenvalue weighted by molar-refractivity contribution is -0.0998. The van der Waals surface area contributed by atoms with Crippen molar-refractivity contribution in [1.82, 2.24) is 0 Å². The molecule has 1 saturated heterocycles. The standard InChI is InChI=1S/C11H21NO2/c12-8-10(4-2-1-3-5-10)11(13)6-7-14-9-11/h13H,1-9,12H2. The van der Waals surface area contributed by atoms with Crippen molar-refractivity contribution < 1.29 is 9.84 Å². The van der Waals surface area contributed by atoms with E-state index in [2.05, 4.69) is 0 Å². The van der Waals surface area contributed by atoms with Crippen LogP contribution in [0, 0.1) is 5.41 Å². The lowest BCUT2D eigenvalue weighted by atomic mass is 9.63. The van der Waals surface area contributed by atoms with Gasteiger partial charge in [0, 0.05) is 25.0 Å². The molecule has 1 heterocycles. The Morgan fingerprint density at radius 2 is 1.86 bits per heavy atom. The van der Waals surface area contributed by atoms with Crippen LogP contribution in [0.4, 0.5) is 0 Å². The molecule has 2 aliphatic rings. The van der Waals surface area contributed by atoms with E-state index in [0.717, 1.165) is 19.3 Å². The van der Waals surface area contributed by atoms with Gasteiger partial charge in [-0.1, -0.05) is 19.3 Å². The molecule has 1 atom stereocenters. The average Bonchev–Trinajstić information content (AvgIpc) is 2.68. The topological polar surface area (TPSA) is 55.5 Å². The molecule has 3 heteroatoms. The van der Waals surface area contributed by atoms with Crippen molar-refractivity contribution in [3.8, 4) is 0 Å². The molecule has 2 rings (SSSR count). The first kappa shape index (κ1) is 10.4. The molecule has 1 aliphatic heterocycles. The van der Waals surface area contributed by atoms with Crippen LogP contribution in [0.2, 0.25) is 0 Å². The van der Waals surface area contributed by atoms with Gasteiger partial charge in [-0.05, 0) is 12.8 Å². The molecular weight excluding hydrogens is 178 g/mol. The number of rotatable bonds is 2. The van der Waals surface area contributed by atoms with Crippen LogP contribution in [0.25, 0.3) is 0 Å². The van der Waals surface area contributed by atoms with Crippen LogP contribution >= 0.6 is 0 Å². The monoisotopic (exact) mass is 199 g/mol. The summed E-state index contributed by atoms with van der Waals surface area (Å²) in [6.45, 7) is 1.79. The second-order valence-corrected chi connectivity index (χ2v) is 4.88. The Bertz CT molecular complexity index is 193. The lowest BCUT2D eigenvalue weighted by Crippen LogP contribution is -2.54. The summed E-state index contributed by atoms with van der Waals surface area (Å²) in [5, 5.41) is 10.6. The minimum atomic E-state index is -0.637. The van der Waals surface area contributed by atoms with Crippen molar-refractivity contribution in [3.05, 3.63) is 0 Å². The van der Waals surface area contributed by atoms with Crippen LogP contribution in [0.3, 0.4) is 0 Å². The normalized spacial score (nSPS) is 37.3. The minimum absolute atomic E-state index is 0.0538. The van der Waals surface area contributed by atoms with Gasteiger partial charge >= 0.3 is 0 Å². The fourth-order valence-corrected chi connectivity index (χ4v) is 3.06. The maximum atomic E-state index is 10.6. The van der Waals surface area contributed by atoms with Gasteiger partial charge in [-0.3, -0.25) is 0 Å². The van der Waals surface area contributed by atoms with E-state index in [1.54, 1.807) is 0 Å². The zero-order valence-corrected chi connectivity index (χ0v) is 8.80. The van der Waals surface area contributed by atoms with E-state index in [0.29, 0.717) is 19.8 Å². The number of hydrogen-bond donors (Lipinski definition) is 2. The summed E-state index contributed by atoms with van der Waals surface area (Å²) < 4.78 is 5.33. The Labute approximate surface area is 85.6 Å². The van der Waals surface area contributed by atoms with E-state index in [-0.39, 0.29) is 5.41 Å². The molecule has 0 radical (unpaired) electrons. The highest BCUT2D eigenvalue weighted by Crippen LogP contribution is 2.47. The molecule has 3 N–H and O–H groups in total. The van der Waals surface area contributed by atoms with Gasteiger partial charge in [0.15, 0.2) is 0 Å². The molecule has 1 aliphatic carbocycles. The minimum Gasteiger partial charge on any atom is -0.387 e. The first-order chi connectivity index (χ1) is 6.72. The summed E-state index contributed by atoms with van der Waals surface area (Å²) in [5.74, 6) is 0. The van der Waals surface area contributed by atoms with Gasteiger partial charge in [0.2, 0.25) is 0 Å². The van der Waals surface area contributed by atoms with Crippen LogP contribution in [-0.2, 0) is 4.74 Å². The van der Waals surface area contributed by atoms with Crippen molar-refractivity contribution >= 4 is 0 Å². The van der Waals surface area contributed by atoms with Crippen molar-refractivity contribution in [1.29, 1.82) is 0 Å². The van der Waals surface area contributed by atoms with Crippen LogP contribution in [0.5, 0.6) is 0 Å². The predicted octanol–water partition coefficient (Wildman–Crippen LogP) is 1.05. The predicted molar refractivity (Wildman–Crippen MR) is 55.0 cm³/mol. The van der Waals surface area contributed by atoms with Gasteiger partial charge in [0.1, 0.15) is 0 Å². The second kappa shape index (κ2) is 3.80. The van der Waals surface area contributed by atoms with E-state index >= 15 is 0 Å². The Morgan fingerprint density at radius 3 is 2.36 bits per heavy atom. The van der Waals surface area contributed by atoms with Crippen molar-refractivity contribution in [3.63, 3.8) is 0 Å². The molecule has 3 nitrogen and oxygen atoms in total. The molecule has 0 aromatic heterocycles. The molecule has 0 spiro atoms. The summed E-state index contributed by atoms with van der Waals surface area (Å²) in [6, 6.07) is 0. The maximum absolute atomic E-state index is 10.6. The Balaban J connectivity index is 2.16. The first-order valence-corrected chi connectivity index (χ1v) is 5.73. The third-order valence-electron chi connectivity index (χ3n) is 4.19. The largest absolute Gasteiger partial charge is 0.387 e. The fraction of sp³-hybridized carbons (Fsp3) is 1.00. The first-order valence-electron chi connectivity index (χ1n) is 5.73. The highest BCUT2D eigenvalue weighted by Gasteiger charge is 2.51. The molecule has 0 amide bonds. The summed E-state index contributed by atoms with van der Waals surface area (Å²) in [5.41, 5.74) is 5.20. The van der Waals surface area contributed by atoms with Gasteiger partial charge in [0.25, 0.3) is 0 Å². The van der Waals surface area contributed by atoms with E-state index in [1.165, 1.54) is 19.3 Å². The molecule has 82 valence electrons. The number of ether oxygens (including phenoxy) is 1. The third kappa shape index (κ3) is 1.47. The molecule has 14 heavy (non-hydrogen) atoms. The number of nitrogens with two attached hydrogens (primary N) is 1. The molecule has 0 aromatic carbocycles. The zero-order valence-electron chi connectivity index (χ0n) is 8.80. The van der Waals surface area contributed by atoms with Gasteiger partial charge in [-0.15, -0.1) is 0 Å². The Morgan fingerprint density at radius 1 is 1.14 bits per heavy atom. The van der Waals surface area contributed by atoms with Gasteiger partial charge in [-0.2, -0.15) is 0 Å². The molecule has 0 bridgehead atoms. The smallest absolute Gasteiger partial charge is 0.0969 e. The molecule has 2 fully saturated rings. The van der Waals surface area contributed by atoms with Gasteiger partial charge in [0.05, 0.1) is 12.2 Å². The fourth-order valence-electron chi connectivity index (χ4n) is 3.06. The summed E-state index contributed by atoms with van der Waals surface area (Å²) in [4.78, 5) is 0. The zero-order chi connectivity index (χ0) is 10.1. The van der Waals surface area contributed by atoms with Crippen LogP contribution in [0.1, 0.15) is 38.5 Å². The van der Waals surface area contributed by atoms with Crippen molar-refractivity contribution in [2.75, 3.05) is 19.8 Å². The highest BCUT2D eigenvalue weighted by atomic mass is 16.5. The number of aliphatic hydroxyl groups is 1. The molecule has 1 unspecified atom stereocenters. The van der Waals surface area contributed by atoms with E-state index < -0.39 is 5.60 Å². The quantitative estimate of drug-likeness (QED) is 0.699. The summed E-state index contributed by atoms with van der Waals surface area (Å²) in [7, 11) is 0. The Kier molecular flexibility index (Phi) is 2.82. The van der Waals surface area contributed by atoms with E-state index in [9.17, 15) is 5.11 Å². The van der Waals surface area contributed by atoms with E-state index in [1.807, 2.05) is 0 Å². The SMILES string of the molecule is NCC1(C2(O)CCOC2)CCCCC1. The van der Waals surface area contributed by atoms with Gasteiger partial charge in [-0.25, -0.2) is 0 Å². The molecule has 1 saturated carbocycles. The summed E-state index contributed by atoms with van der Waals surface area (Å²) >= 11 is 0. The molecule has 0 aromatic rings. The second-order valence-electron chi connectivity index (χ2n) is 4.88. The van der Waals surface area contributed by atoms with E-state index in [4.69, 9.17) is 10.5 Å². The van der Waals surface area contributed by atoms with Crippen molar-refractivity contribution in [2.45, 2.75) is 44.1 Å². The van der Waals surface area contributed by atoms with Crippen LogP contribution in [-0.4, -0.2) is 30.5 Å².